The molecule has 3 saturated heterocycles. The number of benzene rings is 2. The van der Waals surface area contributed by atoms with Crippen LogP contribution in [0, 0.1) is 0 Å². The molecular formula is C37H44O15. The van der Waals surface area contributed by atoms with Gasteiger partial charge in [0.15, 0.2) is 37.2 Å². The highest BCUT2D eigenvalue weighted by Gasteiger charge is 2.57. The molecule has 0 amide bonds. The summed E-state index contributed by atoms with van der Waals surface area (Å²) >= 11 is 0. The fraction of sp³-hybridized carbons (Fsp3) is 0.514. The highest BCUT2D eigenvalue weighted by atomic mass is 16.8. The zero-order valence-electron chi connectivity index (χ0n) is 29.4. The maximum atomic E-state index is 12.6. The fourth-order valence-corrected chi connectivity index (χ4v) is 6.17. The Bertz CT molecular complexity index is 1500. The Labute approximate surface area is 301 Å². The molecule has 3 heterocycles. The number of hydrogen-bond donors (Lipinski definition) is 0. The first kappa shape index (κ1) is 39.0. The molecule has 2 aromatic rings. The first-order valence-electron chi connectivity index (χ1n) is 16.9. The van der Waals surface area contributed by atoms with E-state index in [0.29, 0.717) is 0 Å². The molecule has 0 bridgehead atoms. The van der Waals surface area contributed by atoms with Crippen molar-refractivity contribution in [1.82, 2.24) is 0 Å². The van der Waals surface area contributed by atoms with E-state index in [2.05, 4.69) is 6.58 Å². The summed E-state index contributed by atoms with van der Waals surface area (Å²) in [4.78, 5) is 49.2. The van der Waals surface area contributed by atoms with Crippen molar-refractivity contribution >= 4 is 23.9 Å². The molecule has 11 atom stereocenters. The molecule has 15 nitrogen and oxygen atoms in total. The molecule has 15 heteroatoms. The number of carbonyl (C=O) groups excluding carboxylic acids is 4. The van der Waals surface area contributed by atoms with Gasteiger partial charge in [0.1, 0.15) is 37.1 Å². The highest BCUT2D eigenvalue weighted by molar-refractivity contribution is 5.68. The van der Waals surface area contributed by atoms with Crippen LogP contribution in [0.2, 0.25) is 0 Å². The number of carbonyl (C=O) groups is 4. The summed E-state index contributed by atoms with van der Waals surface area (Å²) < 4.78 is 66.7. The second kappa shape index (κ2) is 18.5. The van der Waals surface area contributed by atoms with Gasteiger partial charge in [-0.3, -0.25) is 19.2 Å². The molecule has 0 saturated carbocycles. The van der Waals surface area contributed by atoms with E-state index in [0.717, 1.165) is 31.9 Å². The van der Waals surface area contributed by atoms with Crippen molar-refractivity contribution in [2.75, 3.05) is 19.8 Å². The van der Waals surface area contributed by atoms with E-state index in [-0.39, 0.29) is 19.8 Å². The van der Waals surface area contributed by atoms with E-state index < -0.39 is 98.2 Å². The van der Waals surface area contributed by atoms with Crippen molar-refractivity contribution in [1.29, 1.82) is 0 Å². The van der Waals surface area contributed by atoms with Gasteiger partial charge < -0.3 is 52.1 Å². The summed E-state index contributed by atoms with van der Waals surface area (Å²) in [5.41, 5.74) is 1.58. The van der Waals surface area contributed by atoms with Gasteiger partial charge in [-0.05, 0) is 5.56 Å². The Kier molecular flexibility index (Phi) is 13.9. The van der Waals surface area contributed by atoms with Crippen LogP contribution >= 0.6 is 0 Å². The van der Waals surface area contributed by atoms with Gasteiger partial charge in [-0.2, -0.15) is 0 Å². The lowest BCUT2D eigenvalue weighted by molar-refractivity contribution is -0.396. The average molecular weight is 729 g/mol. The van der Waals surface area contributed by atoms with Crippen molar-refractivity contribution in [3.8, 4) is 0 Å². The quantitative estimate of drug-likeness (QED) is 0.158. The van der Waals surface area contributed by atoms with Gasteiger partial charge >= 0.3 is 23.9 Å². The van der Waals surface area contributed by atoms with Crippen LogP contribution in [0.5, 0.6) is 0 Å². The lowest BCUT2D eigenvalue weighted by atomic mass is 9.95. The Morgan fingerprint density at radius 3 is 1.98 bits per heavy atom. The predicted molar refractivity (Wildman–Crippen MR) is 177 cm³/mol. The summed E-state index contributed by atoms with van der Waals surface area (Å²) in [7, 11) is 0. The van der Waals surface area contributed by atoms with E-state index >= 15 is 0 Å². The Hall–Kier alpha value is -4.22. The molecule has 5 rings (SSSR count). The summed E-state index contributed by atoms with van der Waals surface area (Å²) in [6.45, 7) is 8.21. The SMILES string of the molecule is C=CCO[C@@H]1O[C@@H]2COC(c3ccccc3)O[C@H]2[C@H](O[C@@H]2O[C@H](COC(C)=O)[C@H](OC(C)=O)[C@H](OC(C)=O)[C@H]2OC(C)=O)[C@H]1OCc1ccccc1. The van der Waals surface area contributed by atoms with E-state index in [1.54, 1.807) is 6.08 Å². The van der Waals surface area contributed by atoms with Gasteiger partial charge in [0.05, 0.1) is 19.8 Å². The van der Waals surface area contributed by atoms with Crippen LogP contribution in [0.15, 0.2) is 73.3 Å². The molecule has 0 spiro atoms. The van der Waals surface area contributed by atoms with Crippen LogP contribution in [-0.2, 0) is 77.9 Å². The van der Waals surface area contributed by atoms with Crippen molar-refractivity contribution in [2.24, 2.45) is 0 Å². The number of rotatable bonds is 14. The molecule has 2 aromatic carbocycles. The van der Waals surface area contributed by atoms with Gasteiger partial charge in [-0.25, -0.2) is 0 Å². The van der Waals surface area contributed by atoms with E-state index in [4.69, 9.17) is 52.1 Å². The maximum Gasteiger partial charge on any atom is 0.303 e. The maximum absolute atomic E-state index is 12.6. The lowest BCUT2D eigenvalue weighted by Gasteiger charge is -2.51. The molecule has 3 aliphatic heterocycles. The Morgan fingerprint density at radius 2 is 1.35 bits per heavy atom. The fourth-order valence-electron chi connectivity index (χ4n) is 6.17. The monoisotopic (exact) mass is 728 g/mol. The molecule has 0 aliphatic carbocycles. The highest BCUT2D eigenvalue weighted by Crippen LogP contribution is 2.39. The topological polar surface area (TPSA) is 170 Å². The van der Waals surface area contributed by atoms with Gasteiger partial charge in [-0.15, -0.1) is 6.58 Å². The van der Waals surface area contributed by atoms with Crippen molar-refractivity contribution < 1.29 is 71.3 Å². The number of fused-ring (bicyclic) bond motifs is 1. The lowest BCUT2D eigenvalue weighted by Crippen LogP contribution is -2.67. The summed E-state index contributed by atoms with van der Waals surface area (Å²) in [5.74, 6) is -2.97. The number of esters is 4. The Balaban J connectivity index is 1.56. The molecule has 3 fully saturated rings. The third kappa shape index (κ3) is 10.2. The smallest absolute Gasteiger partial charge is 0.303 e. The van der Waals surface area contributed by atoms with Gasteiger partial charge in [0, 0.05) is 33.3 Å². The molecular weight excluding hydrogens is 684 g/mol. The van der Waals surface area contributed by atoms with Crippen molar-refractivity contribution in [3.05, 3.63) is 84.4 Å². The standard InChI is InChI=1S/C37H44O15/c1-6-17-42-36-33(44-18-25-13-9-7-10-14-25)31(30-28(49-36)20-45-35(51-30)26-15-11-8-12-16-26)52-37-34(48-24(5)41)32(47-23(4)40)29(46-22(3)39)27(50-37)19-43-21(2)38/h6-16,27-37H,1,17-20H2,2-5H3/t27-,28-,29+,30-,31+,32+,33-,34-,35?,36-,37+/m1/s1. The molecule has 282 valence electrons. The molecule has 52 heavy (non-hydrogen) atoms. The minimum Gasteiger partial charge on any atom is -0.463 e. The second-order valence-electron chi connectivity index (χ2n) is 12.3. The zero-order chi connectivity index (χ0) is 37.2. The van der Waals surface area contributed by atoms with Crippen LogP contribution < -0.4 is 0 Å². The molecule has 3 aliphatic rings. The first-order valence-corrected chi connectivity index (χ1v) is 16.9. The van der Waals surface area contributed by atoms with E-state index in [1.807, 2.05) is 60.7 Å². The van der Waals surface area contributed by atoms with Gasteiger partial charge in [-0.1, -0.05) is 66.7 Å². The van der Waals surface area contributed by atoms with E-state index in [9.17, 15) is 19.2 Å². The molecule has 0 N–H and O–H groups in total. The van der Waals surface area contributed by atoms with Crippen LogP contribution in [-0.4, -0.2) is 105 Å². The van der Waals surface area contributed by atoms with Crippen LogP contribution in [0.3, 0.4) is 0 Å². The van der Waals surface area contributed by atoms with Crippen LogP contribution in [0.4, 0.5) is 0 Å². The largest absolute Gasteiger partial charge is 0.463 e. The third-order valence-electron chi connectivity index (χ3n) is 8.26. The predicted octanol–water partition coefficient (Wildman–Crippen LogP) is 3.08. The molecule has 0 radical (unpaired) electrons. The summed E-state index contributed by atoms with van der Waals surface area (Å²) in [6.07, 6.45) is -11.2. The average Bonchev–Trinajstić information content (AvgIpc) is 3.11. The third-order valence-corrected chi connectivity index (χ3v) is 8.26. The number of hydrogen-bond acceptors (Lipinski definition) is 15. The minimum absolute atomic E-state index is 0.0714. The number of ether oxygens (including phenoxy) is 11. The van der Waals surface area contributed by atoms with Crippen LogP contribution in [0.25, 0.3) is 0 Å². The molecule has 0 aromatic heterocycles. The first-order chi connectivity index (χ1) is 25.0. The van der Waals surface area contributed by atoms with Gasteiger partial charge in [0.25, 0.3) is 0 Å². The summed E-state index contributed by atoms with van der Waals surface area (Å²) in [6, 6.07) is 18.7. The normalized spacial score (nSPS) is 31.3. The Morgan fingerprint density at radius 1 is 0.712 bits per heavy atom. The van der Waals surface area contributed by atoms with Crippen LogP contribution in [0.1, 0.15) is 45.1 Å². The van der Waals surface area contributed by atoms with Gasteiger partial charge in [0.2, 0.25) is 0 Å². The van der Waals surface area contributed by atoms with Crippen molar-refractivity contribution in [3.63, 3.8) is 0 Å². The zero-order valence-corrected chi connectivity index (χ0v) is 29.4. The minimum atomic E-state index is -1.53. The molecule has 1 unspecified atom stereocenters. The second-order valence-corrected chi connectivity index (χ2v) is 12.3. The van der Waals surface area contributed by atoms with Crippen molar-refractivity contribution in [2.45, 2.75) is 102 Å². The summed E-state index contributed by atoms with van der Waals surface area (Å²) in [5, 5.41) is 0. The van der Waals surface area contributed by atoms with E-state index in [1.165, 1.54) is 6.92 Å².